The largest absolute Gasteiger partial charge is 0.432 e. The Morgan fingerprint density at radius 1 is 0.923 bits per heavy atom. The van der Waals surface area contributed by atoms with Crippen LogP contribution >= 0.6 is 10.9 Å². The second-order valence-electron chi connectivity index (χ2n) is 4.79. The van der Waals surface area contributed by atoms with Gasteiger partial charge >= 0.3 is 0 Å². The number of halogens is 4. The zero-order valence-electron chi connectivity index (χ0n) is 13.1. The summed E-state index contributed by atoms with van der Waals surface area (Å²) in [5.74, 6) is -3.93. The average molecular weight is 390 g/mol. The molecule has 0 aliphatic carbocycles. The molecular weight excluding hydrogens is 378 g/mol. The number of hydrogen-bond acceptors (Lipinski definition) is 3. The van der Waals surface area contributed by atoms with E-state index >= 15 is 0 Å². The summed E-state index contributed by atoms with van der Waals surface area (Å²) in [7, 11) is 0.246. The Bertz CT molecular complexity index is 890. The summed E-state index contributed by atoms with van der Waals surface area (Å²) in [5.41, 5.74) is 0. The van der Waals surface area contributed by atoms with Crippen LogP contribution in [0.3, 0.4) is 0 Å². The van der Waals surface area contributed by atoms with E-state index in [1.165, 1.54) is 12.5 Å². The minimum atomic E-state index is -1.11. The van der Waals surface area contributed by atoms with Gasteiger partial charge in [-0.2, -0.15) is 0 Å². The lowest BCUT2D eigenvalue weighted by Gasteiger charge is -2.10. The average Bonchev–Trinajstić information content (AvgIpc) is 2.61. The van der Waals surface area contributed by atoms with E-state index in [-0.39, 0.29) is 11.6 Å². The smallest absolute Gasteiger partial charge is 0.275 e. The Kier molecular flexibility index (Phi) is 5.19. The molecule has 0 amide bonds. The van der Waals surface area contributed by atoms with Crippen LogP contribution in [0, 0.1) is 23.3 Å². The number of benzene rings is 2. The van der Waals surface area contributed by atoms with Crippen molar-refractivity contribution in [3.8, 4) is 17.4 Å². The first-order valence-corrected chi connectivity index (χ1v) is 8.24. The highest BCUT2D eigenvalue weighted by atomic mass is 32.2. The van der Waals surface area contributed by atoms with Gasteiger partial charge in [-0.25, -0.2) is 22.7 Å². The molecule has 3 rings (SSSR count). The first-order valence-electron chi connectivity index (χ1n) is 7.03. The van der Waals surface area contributed by atoms with Crippen LogP contribution in [0.1, 0.15) is 0 Å². The molecule has 0 saturated heterocycles. The van der Waals surface area contributed by atoms with Gasteiger partial charge in [-0.05, 0) is 28.8 Å². The normalized spacial score (nSPS) is 11.3. The summed E-state index contributed by atoms with van der Waals surface area (Å²) < 4.78 is 66.9. The number of H-pyrrole nitrogens is 2. The van der Waals surface area contributed by atoms with Crippen LogP contribution in [-0.4, -0.2) is 21.7 Å². The van der Waals surface area contributed by atoms with E-state index in [4.69, 9.17) is 13.8 Å². The summed E-state index contributed by atoms with van der Waals surface area (Å²) in [5, 5.41) is 3.88. The highest BCUT2D eigenvalue weighted by molar-refractivity contribution is 7.19. The van der Waals surface area contributed by atoms with Crippen LogP contribution in [-0.2, 0) is 0 Å². The summed E-state index contributed by atoms with van der Waals surface area (Å²) in [4.78, 5) is 5.94. The molecule has 0 saturated carbocycles. The van der Waals surface area contributed by atoms with Crippen molar-refractivity contribution in [2.24, 2.45) is 0 Å². The van der Waals surface area contributed by atoms with E-state index < -0.39 is 40.0 Å². The van der Waals surface area contributed by atoms with Crippen molar-refractivity contribution in [1.82, 2.24) is 14.5 Å². The van der Waals surface area contributed by atoms with Crippen molar-refractivity contribution in [3.05, 3.63) is 65.0 Å². The first kappa shape index (κ1) is 17.9. The number of ether oxygens (including phenoxy) is 1. The molecule has 26 heavy (non-hydrogen) atoms. The van der Waals surface area contributed by atoms with E-state index in [1.54, 1.807) is 0 Å². The minimum absolute atomic E-state index is 0.0877. The summed E-state index contributed by atoms with van der Waals surface area (Å²) in [6.45, 7) is 0. The maximum atomic E-state index is 13.7. The van der Waals surface area contributed by atoms with Crippen LogP contribution in [0.4, 0.5) is 17.6 Å². The Morgan fingerprint density at radius 2 is 1.54 bits per heavy atom. The number of nitrogens with zero attached hydrogens (tertiary/aromatic N) is 1. The van der Waals surface area contributed by atoms with Crippen LogP contribution in [0.2, 0.25) is 0 Å². The fourth-order valence-electron chi connectivity index (χ4n) is 1.85. The van der Waals surface area contributed by atoms with E-state index in [9.17, 15) is 17.6 Å². The third-order valence-electron chi connectivity index (χ3n) is 2.97. The van der Waals surface area contributed by atoms with E-state index in [2.05, 4.69) is 9.59 Å². The zero-order valence-corrected chi connectivity index (χ0v) is 14.0. The molecule has 2 N–H and O–H groups in total. The number of aromatic amines is 2. The highest BCUT2D eigenvalue weighted by Gasteiger charge is 2.15. The van der Waals surface area contributed by atoms with E-state index in [0.717, 1.165) is 41.4 Å². The van der Waals surface area contributed by atoms with Crippen molar-refractivity contribution in [1.29, 1.82) is 0 Å². The lowest BCUT2D eigenvalue weighted by Crippen LogP contribution is -2.16. The van der Waals surface area contributed by atoms with E-state index in [0.29, 0.717) is 0 Å². The fourth-order valence-corrected chi connectivity index (χ4v) is 2.61. The Morgan fingerprint density at radius 3 is 2.19 bits per heavy atom. The van der Waals surface area contributed by atoms with Crippen molar-refractivity contribution < 1.29 is 31.3 Å². The summed E-state index contributed by atoms with van der Waals surface area (Å²) in [6.07, 6.45) is 0. The molecule has 0 spiro atoms. The lowest BCUT2D eigenvalue weighted by atomic mass is 10.3. The molecule has 1 unspecified atom stereocenters. The maximum Gasteiger partial charge on any atom is 0.275 e. The molecule has 0 aliphatic heterocycles. The van der Waals surface area contributed by atoms with Gasteiger partial charge < -0.3 is 9.57 Å². The number of rotatable bonds is 5. The first-order chi connectivity index (χ1) is 12.4. The number of aromatic nitrogens is 3. The second-order valence-corrected chi connectivity index (χ2v) is 6.13. The molecule has 138 valence electrons. The number of nitrogens with one attached hydrogen (secondary N) is 2. The molecule has 11 heteroatoms. The zero-order chi connectivity index (χ0) is 18.7. The van der Waals surface area contributed by atoms with Crippen LogP contribution < -0.4 is 13.8 Å². The fraction of sp³-hybridized carbons (Fsp3) is 0.0667. The van der Waals surface area contributed by atoms with Crippen molar-refractivity contribution in [2.45, 2.75) is 0 Å². The topological polar surface area (TPSA) is 64.2 Å². The van der Waals surface area contributed by atoms with Gasteiger partial charge in [0, 0.05) is 17.1 Å². The van der Waals surface area contributed by atoms with Gasteiger partial charge in [-0.1, -0.05) is 0 Å². The lowest BCUT2D eigenvalue weighted by molar-refractivity contribution is 0.125. The summed E-state index contributed by atoms with van der Waals surface area (Å²) in [6, 6.07) is 5.34. The molecule has 1 atom stereocenters. The number of hydrogen-bond donors (Lipinski definition) is 2. The van der Waals surface area contributed by atoms with Crippen LogP contribution in [0.5, 0.6) is 17.4 Å². The molecule has 0 aliphatic rings. The highest BCUT2D eigenvalue weighted by Crippen LogP contribution is 2.26. The second kappa shape index (κ2) is 7.54. The molecule has 3 aromatic rings. The third-order valence-corrected chi connectivity index (χ3v) is 4.11. The maximum absolute atomic E-state index is 13.7. The van der Waals surface area contributed by atoms with Crippen molar-refractivity contribution >= 4 is 10.9 Å². The SMILES string of the molecule is CO[s+]1cc(Oc2cc(F)ccc2F)[nH]n(Oc2cc(F)ccc2F)[nH]1. The Labute approximate surface area is 147 Å². The van der Waals surface area contributed by atoms with Gasteiger partial charge in [0.15, 0.2) is 23.1 Å². The molecular formula is C15H12F4N3O3S+. The predicted octanol–water partition coefficient (Wildman–Crippen LogP) is 4.27. The van der Waals surface area contributed by atoms with Crippen LogP contribution in [0.15, 0.2) is 41.8 Å². The molecule has 0 radical (unpaired) electrons. The Hall–Kier alpha value is -2.92. The molecule has 0 fully saturated rings. The minimum Gasteiger partial charge on any atom is -0.432 e. The van der Waals surface area contributed by atoms with Gasteiger partial charge in [-0.3, -0.25) is 0 Å². The standard InChI is InChI=1S/C15H12F4N3O3S/c1-23-26-8-15(24-13-6-9(16)2-4-11(13)18)20-22(21-26)25-14-7-10(17)3-5-12(14)19/h2-8,20-21H,1H3/q+1. The third kappa shape index (κ3) is 4.18. The van der Waals surface area contributed by atoms with Crippen molar-refractivity contribution in [3.63, 3.8) is 0 Å². The van der Waals surface area contributed by atoms with Gasteiger partial charge in [0.1, 0.15) is 18.7 Å². The van der Waals surface area contributed by atoms with Crippen LogP contribution in [0.25, 0.3) is 0 Å². The molecule has 2 aromatic carbocycles. The van der Waals surface area contributed by atoms with E-state index in [1.807, 2.05) is 0 Å². The Balaban J connectivity index is 1.93. The monoisotopic (exact) mass is 390 g/mol. The predicted molar refractivity (Wildman–Crippen MR) is 84.6 cm³/mol. The summed E-state index contributed by atoms with van der Waals surface area (Å²) >= 11 is 0. The van der Waals surface area contributed by atoms with Gasteiger partial charge in [0.05, 0.1) is 0 Å². The molecule has 1 heterocycles. The van der Waals surface area contributed by atoms with Crippen molar-refractivity contribution in [2.75, 3.05) is 7.11 Å². The van der Waals surface area contributed by atoms with Gasteiger partial charge in [0.25, 0.3) is 22.2 Å². The molecule has 6 nitrogen and oxygen atoms in total. The molecule has 1 aromatic heterocycles. The van der Waals surface area contributed by atoms with Gasteiger partial charge in [0.2, 0.25) is 0 Å². The quantitative estimate of drug-likeness (QED) is 0.505. The molecule has 0 bridgehead atoms. The van der Waals surface area contributed by atoms with Gasteiger partial charge in [-0.15, -0.1) is 4.18 Å².